The molecule has 0 aromatic heterocycles. The minimum Gasteiger partial charge on any atom is -0.310 e. The molecule has 3 aliphatic carbocycles. The zero-order chi connectivity index (χ0) is 58.5. The summed E-state index contributed by atoms with van der Waals surface area (Å²) in [5.74, 6) is 1.05. The predicted octanol–water partition coefficient (Wildman–Crippen LogP) is 22.9. The average Bonchev–Trinajstić information content (AvgIpc) is 1.46. The Morgan fingerprint density at radius 2 is 0.739 bits per heavy atom. The maximum atomic E-state index is 2.62. The van der Waals surface area contributed by atoms with Crippen molar-refractivity contribution in [2.24, 2.45) is 5.92 Å². The minimum atomic E-state index is -0.495. The number of anilines is 6. The summed E-state index contributed by atoms with van der Waals surface area (Å²) in [5.41, 5.74) is 24.2. The van der Waals surface area contributed by atoms with Gasteiger partial charge >= 0.3 is 0 Å². The molecule has 0 saturated heterocycles. The zero-order valence-electron chi connectivity index (χ0n) is 49.7. The third kappa shape index (κ3) is 7.74. The molecule has 17 rings (SSSR count). The van der Waals surface area contributed by atoms with Crippen LogP contribution in [0.25, 0.3) is 54.6 Å². The quantitative estimate of drug-likeness (QED) is 0.119. The number of rotatable bonds is 11. The van der Waals surface area contributed by atoms with Gasteiger partial charge in [0.05, 0.1) is 22.2 Å². The molecule has 0 N–H and O–H groups in total. The van der Waals surface area contributed by atoms with Gasteiger partial charge in [-0.25, -0.2) is 0 Å². The van der Waals surface area contributed by atoms with Gasteiger partial charge in [-0.2, -0.15) is 0 Å². The first kappa shape index (κ1) is 52.1. The molecule has 0 heterocycles. The van der Waals surface area contributed by atoms with Crippen LogP contribution in [0, 0.1) is 12.8 Å². The van der Waals surface area contributed by atoms with E-state index in [0.717, 1.165) is 28.4 Å². The van der Waals surface area contributed by atoms with Crippen LogP contribution in [0.4, 0.5) is 34.1 Å². The number of hydrogen-bond donors (Lipinski definition) is 0. The summed E-state index contributed by atoms with van der Waals surface area (Å²) in [6.45, 7) is 4.79. The lowest BCUT2D eigenvalue weighted by Gasteiger charge is -2.36. The van der Waals surface area contributed by atoms with E-state index in [1.165, 1.54) is 142 Å². The van der Waals surface area contributed by atoms with Crippen molar-refractivity contribution in [3.63, 3.8) is 0 Å². The Morgan fingerprint density at radius 1 is 0.341 bits per heavy atom. The summed E-state index contributed by atoms with van der Waals surface area (Å²) >= 11 is 0. The Morgan fingerprint density at radius 3 is 1.23 bits per heavy atom. The maximum absolute atomic E-state index is 2.62. The monoisotopic (exact) mass is 1130 g/mol. The van der Waals surface area contributed by atoms with E-state index >= 15 is 0 Å². The Labute approximate surface area is 516 Å². The van der Waals surface area contributed by atoms with Crippen LogP contribution in [0.15, 0.2) is 303 Å². The lowest BCUT2D eigenvalue weighted by atomic mass is 9.67. The smallest absolute Gasteiger partial charge is 0.0713 e. The molecule has 2 heteroatoms. The van der Waals surface area contributed by atoms with E-state index < -0.39 is 10.8 Å². The Bertz CT molecular complexity index is 4840. The van der Waals surface area contributed by atoms with Gasteiger partial charge in [-0.3, -0.25) is 0 Å². The summed E-state index contributed by atoms with van der Waals surface area (Å²) in [7, 11) is 0. The molecule has 2 atom stereocenters. The summed E-state index contributed by atoms with van der Waals surface area (Å²) in [4.78, 5) is 5.12. The molecule has 2 unspecified atom stereocenters. The first-order valence-electron chi connectivity index (χ1n) is 31.7. The van der Waals surface area contributed by atoms with E-state index in [4.69, 9.17) is 0 Å². The molecule has 420 valence electrons. The number of nitrogens with zero attached hydrogens (tertiary/aromatic N) is 2. The van der Waals surface area contributed by atoms with Crippen molar-refractivity contribution in [2.75, 3.05) is 9.80 Å². The van der Waals surface area contributed by atoms with Gasteiger partial charge in [0.15, 0.2) is 0 Å². The van der Waals surface area contributed by atoms with Gasteiger partial charge in [0.1, 0.15) is 0 Å². The van der Waals surface area contributed by atoms with Crippen molar-refractivity contribution in [1.29, 1.82) is 0 Å². The van der Waals surface area contributed by atoms with Gasteiger partial charge in [0, 0.05) is 33.5 Å². The highest BCUT2D eigenvalue weighted by Crippen LogP contribution is 2.59. The first-order valence-corrected chi connectivity index (χ1v) is 31.7. The minimum absolute atomic E-state index is 0.403. The lowest BCUT2D eigenvalue weighted by Crippen LogP contribution is -2.28. The summed E-state index contributed by atoms with van der Waals surface area (Å²) in [6.07, 6.45) is 4.84. The molecule has 0 amide bonds. The van der Waals surface area contributed by atoms with Crippen molar-refractivity contribution in [3.05, 3.63) is 359 Å². The number of hydrogen-bond acceptors (Lipinski definition) is 2. The second-order valence-electron chi connectivity index (χ2n) is 25.1. The highest BCUT2D eigenvalue weighted by atomic mass is 15.2. The van der Waals surface area contributed by atoms with Crippen LogP contribution in [-0.4, -0.2) is 0 Å². The van der Waals surface area contributed by atoms with E-state index in [2.05, 4.69) is 327 Å². The van der Waals surface area contributed by atoms with Gasteiger partial charge in [-0.05, 0) is 192 Å². The third-order valence-electron chi connectivity index (χ3n) is 20.4. The van der Waals surface area contributed by atoms with Crippen LogP contribution in [0.1, 0.15) is 94.2 Å². The number of aryl methyl sites for hydroxylation is 1. The largest absolute Gasteiger partial charge is 0.310 e. The van der Waals surface area contributed by atoms with Crippen LogP contribution in [0.2, 0.25) is 0 Å². The first-order chi connectivity index (χ1) is 43.5. The number of para-hydroxylation sites is 2. The normalized spacial score (nSPS) is 16.1. The van der Waals surface area contributed by atoms with E-state index in [1.807, 2.05) is 0 Å². The topological polar surface area (TPSA) is 6.48 Å². The van der Waals surface area contributed by atoms with E-state index in [-0.39, 0.29) is 0 Å². The highest BCUT2D eigenvalue weighted by Gasteiger charge is 2.47. The summed E-state index contributed by atoms with van der Waals surface area (Å²) in [6, 6.07) is 115. The molecule has 1 fully saturated rings. The molecule has 0 radical (unpaired) electrons. The zero-order valence-corrected chi connectivity index (χ0v) is 49.7. The van der Waals surface area contributed by atoms with E-state index in [1.54, 1.807) is 0 Å². The van der Waals surface area contributed by atoms with Gasteiger partial charge in [-0.15, -0.1) is 0 Å². The fourth-order valence-electron chi connectivity index (χ4n) is 16.7. The van der Waals surface area contributed by atoms with E-state index in [9.17, 15) is 0 Å². The van der Waals surface area contributed by atoms with Gasteiger partial charge in [0.25, 0.3) is 0 Å². The van der Waals surface area contributed by atoms with Crippen LogP contribution < -0.4 is 9.80 Å². The molecule has 0 spiro atoms. The second-order valence-corrected chi connectivity index (χ2v) is 25.1. The predicted molar refractivity (Wildman–Crippen MR) is 369 cm³/mol. The molecule has 14 aromatic carbocycles. The Balaban J connectivity index is 0.871. The Kier molecular flexibility index (Phi) is 12.3. The van der Waals surface area contributed by atoms with Crippen LogP contribution >= 0.6 is 0 Å². The standard InChI is InChI=1S/C86H66N2/c1-57-24-23-25-59(54-57)76-56-60-42-51-74-81(87(65-30-11-5-12-31-65)67-47-43-63(44-48-67)85(61-26-7-3-8-27-61)77-38-19-15-34-70(77)71-35-16-20-39-78(71)85)55-58(2)69-52-53-75(82(60)83(69)74)84(76)88(66-32-13-6-14-33-66)68-49-45-64(46-50-68)86(62-28-9-4-10-29-62)79-40-21-17-36-72(79)73-37-18-22-41-80(73)86/h3-22,26-53,55-57,59H,23-25,54H2,1-2H3. The molecule has 88 heavy (non-hydrogen) atoms. The third-order valence-corrected chi connectivity index (χ3v) is 20.4. The average molecular weight is 1130 g/mol. The second kappa shape index (κ2) is 20.7. The highest BCUT2D eigenvalue weighted by molar-refractivity contribution is 6.29. The fourth-order valence-corrected chi connectivity index (χ4v) is 16.7. The van der Waals surface area contributed by atoms with Crippen molar-refractivity contribution >= 4 is 66.4 Å². The van der Waals surface area contributed by atoms with Crippen LogP contribution in [-0.2, 0) is 10.8 Å². The molecule has 0 bridgehead atoms. The summed E-state index contributed by atoms with van der Waals surface area (Å²) in [5, 5.41) is 7.72. The molecular weight excluding hydrogens is 1060 g/mol. The van der Waals surface area contributed by atoms with Crippen LogP contribution in [0.3, 0.4) is 0 Å². The van der Waals surface area contributed by atoms with Crippen molar-refractivity contribution in [1.82, 2.24) is 0 Å². The molecule has 2 nitrogen and oxygen atoms in total. The number of fused-ring (bicyclic) bond motifs is 6. The van der Waals surface area contributed by atoms with Gasteiger partial charge in [0.2, 0.25) is 0 Å². The summed E-state index contributed by atoms with van der Waals surface area (Å²) < 4.78 is 0. The van der Waals surface area contributed by atoms with Crippen LogP contribution in [0.5, 0.6) is 0 Å². The Hall–Kier alpha value is -10.3. The van der Waals surface area contributed by atoms with Gasteiger partial charge < -0.3 is 9.80 Å². The molecule has 14 aromatic rings. The van der Waals surface area contributed by atoms with E-state index in [0.29, 0.717) is 11.8 Å². The van der Waals surface area contributed by atoms with Crippen molar-refractivity contribution < 1.29 is 0 Å². The van der Waals surface area contributed by atoms with Crippen molar-refractivity contribution in [2.45, 2.75) is 56.3 Å². The number of benzene rings is 14. The molecule has 1 saturated carbocycles. The van der Waals surface area contributed by atoms with Gasteiger partial charge in [-0.1, -0.05) is 262 Å². The molecular formula is C86H66N2. The molecule has 0 aliphatic heterocycles. The molecule has 3 aliphatic rings. The lowest BCUT2D eigenvalue weighted by molar-refractivity contribution is 0.344. The SMILES string of the molecule is Cc1cc(N(c2ccccc2)c2ccc(C3(c4ccccc4)c4ccccc4-c4ccccc43)cc2)c2ccc3cc(C4CCCC(C)C4)c(N(c4ccccc4)c4ccc(C5(c6ccccc6)c6ccccc6-c6ccccc65)cc4)c4ccc1c2c34. The maximum Gasteiger partial charge on any atom is 0.0713 e. The van der Waals surface area contributed by atoms with Crippen molar-refractivity contribution in [3.8, 4) is 22.3 Å². The fraction of sp³-hybridized carbons (Fsp3) is 0.116.